The minimum absolute atomic E-state index is 0.0101. The van der Waals surface area contributed by atoms with Gasteiger partial charge < -0.3 is 35.6 Å². The molecule has 15 heteroatoms. The molecule has 0 saturated heterocycles. The van der Waals surface area contributed by atoms with E-state index in [0.717, 1.165) is 39.3 Å². The van der Waals surface area contributed by atoms with Crippen molar-refractivity contribution in [2.24, 2.45) is 0 Å². The molecule has 1 aliphatic heterocycles. The molecule has 260 valence electrons. The summed E-state index contributed by atoms with van der Waals surface area (Å²) < 4.78 is 21.5. The first-order chi connectivity index (χ1) is 24.3. The van der Waals surface area contributed by atoms with E-state index in [9.17, 15) is 19.4 Å². The van der Waals surface area contributed by atoms with Crippen LogP contribution in [0, 0.1) is 24.6 Å². The second-order valence-electron chi connectivity index (χ2n) is 11.6. The fourth-order valence-corrected chi connectivity index (χ4v) is 7.46. The van der Waals surface area contributed by atoms with E-state index in [1.165, 1.54) is 23.5 Å². The average Bonchev–Trinajstić information content (AvgIpc) is 3.74. The minimum atomic E-state index is -1.11. The number of anilines is 4. The normalized spacial score (nSPS) is 13.1. The number of nitrogens with one attached hydrogen (secondary N) is 2. The number of hydrogen-bond donors (Lipinski definition) is 5. The van der Waals surface area contributed by atoms with Crippen LogP contribution in [0.25, 0.3) is 10.2 Å². The molecule has 0 fully saturated rings. The molecule has 5 aromatic rings. The summed E-state index contributed by atoms with van der Waals surface area (Å²) in [6.45, 7) is 3.39. The first kappa shape index (κ1) is 35.1. The zero-order chi connectivity index (χ0) is 35.0. The zero-order valence-corrected chi connectivity index (χ0v) is 28.9. The van der Waals surface area contributed by atoms with Crippen LogP contribution < -0.4 is 20.3 Å². The van der Waals surface area contributed by atoms with Crippen molar-refractivity contribution >= 4 is 60.8 Å². The Balaban J connectivity index is 1.07. The average molecular weight is 718 g/mol. The molecule has 0 bridgehead atoms. The summed E-state index contributed by atoms with van der Waals surface area (Å²) in [5.41, 5.74) is 3.39. The third-order valence-electron chi connectivity index (χ3n) is 8.07. The number of aryl methyl sites for hydroxylation is 1. The third-order valence-corrected chi connectivity index (χ3v) is 10.2. The summed E-state index contributed by atoms with van der Waals surface area (Å²) in [7, 11) is 0. The zero-order valence-electron chi connectivity index (χ0n) is 27.3. The molecule has 0 aliphatic carbocycles. The highest BCUT2D eigenvalue weighted by Gasteiger charge is 2.28. The number of aromatic nitrogens is 4. The predicted molar refractivity (Wildman–Crippen MR) is 192 cm³/mol. The van der Waals surface area contributed by atoms with Crippen LogP contribution in [-0.2, 0) is 12.8 Å². The molecule has 5 N–H and O–H groups in total. The van der Waals surface area contributed by atoms with Crippen LogP contribution in [0.4, 0.5) is 26.3 Å². The number of rotatable bonds is 14. The number of hydrogen-bond acceptors (Lipinski definition) is 13. The topological polar surface area (TPSA) is 166 Å². The minimum Gasteiger partial charge on any atom is -0.491 e. The molecule has 2 aromatic carbocycles. The molecule has 12 nitrogen and oxygen atoms in total. The number of aliphatic hydroxyl groups is 2. The molecule has 0 spiro atoms. The first-order valence-electron chi connectivity index (χ1n) is 16.2. The number of thiazole rings is 2. The fraction of sp³-hybridized carbons (Fsp3) is 0.343. The standard InChI is InChI=1S/C35H36FN7O5S2/c1-21-24-8-5-17-43(32(24)42-41-31(21)40-34-38-26-9-2-3-10-28(26)49-34)35-39-30(33(46)47)29(50-35)11-6-18-48-27-13-12-22(19-25(27)36)7-4-15-37-16-14-23(45)20-44/h2-3,9-10,12-13,19,23,37,44-45H,5-6,8,11,14-18,20H2,1H3,(H,46,47)(H,38,40,41)/t23-/m1/s1. The summed E-state index contributed by atoms with van der Waals surface area (Å²) in [5.74, 6) is 5.51. The van der Waals surface area contributed by atoms with E-state index in [1.54, 1.807) is 17.4 Å². The van der Waals surface area contributed by atoms with Crippen molar-refractivity contribution in [2.45, 2.75) is 45.1 Å². The Bertz CT molecular complexity index is 2010. The van der Waals surface area contributed by atoms with Gasteiger partial charge in [0.2, 0.25) is 0 Å². The highest BCUT2D eigenvalue weighted by atomic mass is 32.1. The Hall–Kier alpha value is -4.72. The lowest BCUT2D eigenvalue weighted by molar-refractivity contribution is 0.0690. The smallest absolute Gasteiger partial charge is 0.355 e. The summed E-state index contributed by atoms with van der Waals surface area (Å²) in [5, 5.41) is 44.8. The molecule has 50 heavy (non-hydrogen) atoms. The molecule has 4 heterocycles. The fourth-order valence-electron chi connectivity index (χ4n) is 5.47. The second-order valence-corrected chi connectivity index (χ2v) is 13.7. The number of carboxylic acids is 1. The van der Waals surface area contributed by atoms with E-state index in [4.69, 9.17) is 9.84 Å². The van der Waals surface area contributed by atoms with Gasteiger partial charge in [-0.15, -0.1) is 21.5 Å². The lowest BCUT2D eigenvalue weighted by atomic mass is 10.0. The van der Waals surface area contributed by atoms with Crippen molar-refractivity contribution < 1.29 is 29.2 Å². The Morgan fingerprint density at radius 1 is 1.18 bits per heavy atom. The van der Waals surface area contributed by atoms with Crippen LogP contribution in [0.15, 0.2) is 42.5 Å². The molecule has 0 unspecified atom stereocenters. The van der Waals surface area contributed by atoms with E-state index in [-0.39, 0.29) is 24.7 Å². The largest absolute Gasteiger partial charge is 0.491 e. The van der Waals surface area contributed by atoms with Crippen LogP contribution in [0.2, 0.25) is 0 Å². The monoisotopic (exact) mass is 717 g/mol. The second kappa shape index (κ2) is 16.3. The van der Waals surface area contributed by atoms with E-state index in [0.29, 0.717) is 66.1 Å². The number of nitrogens with zero attached hydrogens (tertiary/aromatic N) is 5. The maximum Gasteiger partial charge on any atom is 0.355 e. The van der Waals surface area contributed by atoms with Gasteiger partial charge in [0.1, 0.15) is 0 Å². The van der Waals surface area contributed by atoms with Gasteiger partial charge in [0.15, 0.2) is 39.2 Å². The maximum atomic E-state index is 14.7. The lowest BCUT2D eigenvalue weighted by Crippen LogP contribution is -2.27. The Labute approximate surface area is 296 Å². The number of carboxylic acid groups (broad SMARTS) is 1. The highest BCUT2D eigenvalue weighted by molar-refractivity contribution is 7.22. The number of ether oxygens (including phenoxy) is 1. The summed E-state index contributed by atoms with van der Waals surface area (Å²) in [4.78, 5) is 23.9. The van der Waals surface area contributed by atoms with E-state index in [2.05, 4.69) is 42.6 Å². The number of aliphatic hydroxyl groups excluding tert-OH is 2. The molecule has 1 aliphatic rings. The maximum absolute atomic E-state index is 14.7. The molecule has 3 aromatic heterocycles. The SMILES string of the molecule is Cc1c(Nc2nc3ccccc3s2)nnc2c1CCCN2c1nc(C(=O)O)c(CCCOc2ccc(C#CCNCC[C@@H](O)CO)cc2F)s1. The van der Waals surface area contributed by atoms with Gasteiger partial charge in [-0.3, -0.25) is 0 Å². The van der Waals surface area contributed by atoms with Gasteiger partial charge in [-0.2, -0.15) is 0 Å². The van der Waals surface area contributed by atoms with Crippen LogP contribution in [-0.4, -0.2) is 80.4 Å². The Kier molecular flexibility index (Phi) is 11.5. The number of benzene rings is 2. The van der Waals surface area contributed by atoms with Gasteiger partial charge in [-0.25, -0.2) is 19.2 Å². The van der Waals surface area contributed by atoms with Crippen LogP contribution in [0.5, 0.6) is 5.75 Å². The number of carbonyl (C=O) groups is 1. The van der Waals surface area contributed by atoms with Crippen LogP contribution in [0.3, 0.4) is 0 Å². The number of aromatic carboxylic acids is 1. The van der Waals surface area contributed by atoms with Crippen molar-refractivity contribution in [1.29, 1.82) is 0 Å². The molecule has 0 radical (unpaired) electrons. The summed E-state index contributed by atoms with van der Waals surface area (Å²) in [6.07, 6.45) is 2.15. The van der Waals surface area contributed by atoms with Gasteiger partial charge >= 0.3 is 5.97 Å². The first-order valence-corrected chi connectivity index (χ1v) is 17.8. The van der Waals surface area contributed by atoms with Crippen molar-refractivity contribution in [2.75, 3.05) is 43.1 Å². The van der Waals surface area contributed by atoms with Crippen molar-refractivity contribution in [3.05, 3.63) is 75.5 Å². The molecular formula is C35H36FN7O5S2. The molecular weight excluding hydrogens is 682 g/mol. The van der Waals surface area contributed by atoms with Crippen LogP contribution >= 0.6 is 22.7 Å². The number of para-hydroxylation sites is 1. The van der Waals surface area contributed by atoms with Gasteiger partial charge in [0, 0.05) is 28.1 Å². The molecule has 0 saturated carbocycles. The van der Waals surface area contributed by atoms with E-state index >= 15 is 0 Å². The van der Waals surface area contributed by atoms with Crippen molar-refractivity contribution in [1.82, 2.24) is 25.5 Å². The highest BCUT2D eigenvalue weighted by Crippen LogP contribution is 2.39. The summed E-state index contributed by atoms with van der Waals surface area (Å²) >= 11 is 2.85. The predicted octanol–water partition coefficient (Wildman–Crippen LogP) is 5.21. The quantitative estimate of drug-likeness (QED) is 0.0753. The Morgan fingerprint density at radius 2 is 2.04 bits per heavy atom. The van der Waals surface area contributed by atoms with Gasteiger partial charge in [0.05, 0.1) is 36.1 Å². The van der Waals surface area contributed by atoms with E-state index in [1.807, 2.05) is 36.1 Å². The van der Waals surface area contributed by atoms with E-state index < -0.39 is 17.9 Å². The van der Waals surface area contributed by atoms with Crippen molar-refractivity contribution in [3.63, 3.8) is 0 Å². The van der Waals surface area contributed by atoms with Crippen LogP contribution in [0.1, 0.15) is 51.3 Å². The number of fused-ring (bicyclic) bond motifs is 2. The van der Waals surface area contributed by atoms with Gasteiger partial charge in [0.25, 0.3) is 0 Å². The molecule has 1 atom stereocenters. The van der Waals surface area contributed by atoms with Crippen molar-refractivity contribution in [3.8, 4) is 17.6 Å². The number of halogens is 1. The van der Waals surface area contributed by atoms with Gasteiger partial charge in [-0.05, 0) is 75.9 Å². The molecule has 0 amide bonds. The Morgan fingerprint density at radius 3 is 2.84 bits per heavy atom. The summed E-state index contributed by atoms with van der Waals surface area (Å²) in [6, 6.07) is 12.4. The molecule has 6 rings (SSSR count). The lowest BCUT2D eigenvalue weighted by Gasteiger charge is -2.28. The van der Waals surface area contributed by atoms with Gasteiger partial charge in [-0.1, -0.05) is 35.3 Å². The third kappa shape index (κ3) is 8.35.